The second-order valence-electron chi connectivity index (χ2n) is 4.19. The van der Waals surface area contributed by atoms with Crippen molar-refractivity contribution in [1.82, 2.24) is 4.98 Å². The molecule has 1 atom stereocenters. The van der Waals surface area contributed by atoms with Crippen LogP contribution in [0.2, 0.25) is 5.15 Å². The Morgan fingerprint density at radius 2 is 2.37 bits per heavy atom. The van der Waals surface area contributed by atoms with Gasteiger partial charge in [-0.25, -0.2) is 9.37 Å². The van der Waals surface area contributed by atoms with E-state index in [-0.39, 0.29) is 35.3 Å². The van der Waals surface area contributed by atoms with Crippen molar-refractivity contribution in [2.75, 3.05) is 19.9 Å². The number of primary amides is 1. The molecule has 0 aromatic carbocycles. The first-order valence-corrected chi connectivity index (χ1v) is 5.80. The van der Waals surface area contributed by atoms with Gasteiger partial charge in [-0.1, -0.05) is 11.6 Å². The van der Waals surface area contributed by atoms with E-state index in [1.54, 1.807) is 0 Å². The Morgan fingerprint density at radius 1 is 1.63 bits per heavy atom. The molecule has 1 aliphatic rings. The highest BCUT2D eigenvalue weighted by atomic mass is 35.5. The van der Waals surface area contributed by atoms with Crippen molar-refractivity contribution < 1.29 is 13.9 Å². The van der Waals surface area contributed by atoms with Gasteiger partial charge in [0.25, 0.3) is 0 Å². The number of amides is 1. The molecular formula is C11H12ClFN4O2. The number of amidine groups is 1. The molecule has 2 rings (SSSR count). The molecule has 1 aromatic rings. The molecule has 1 aliphatic heterocycles. The van der Waals surface area contributed by atoms with E-state index in [0.29, 0.717) is 0 Å². The Hall–Kier alpha value is -1.73. The van der Waals surface area contributed by atoms with Gasteiger partial charge in [0.05, 0.1) is 12.2 Å². The molecule has 4 N–H and O–H groups in total. The lowest BCUT2D eigenvalue weighted by molar-refractivity contribution is 0.0824. The Morgan fingerprint density at radius 3 is 2.95 bits per heavy atom. The molecule has 1 aromatic heterocycles. The summed E-state index contributed by atoms with van der Waals surface area (Å²) in [6, 6.07) is 1.36. The van der Waals surface area contributed by atoms with Gasteiger partial charge in [-0.2, -0.15) is 0 Å². The normalized spacial score (nSPS) is 22.9. The third kappa shape index (κ3) is 2.52. The first kappa shape index (κ1) is 13.7. The molecule has 6 nitrogen and oxygen atoms in total. The summed E-state index contributed by atoms with van der Waals surface area (Å²) in [5, 5.41) is 0.0321. The number of aromatic nitrogens is 1. The molecule has 2 heterocycles. The van der Waals surface area contributed by atoms with E-state index in [1.165, 1.54) is 12.3 Å². The van der Waals surface area contributed by atoms with Crippen LogP contribution in [0.1, 0.15) is 15.9 Å². The number of aliphatic imine (C=N–C) groups is 1. The summed E-state index contributed by atoms with van der Waals surface area (Å²) in [6.45, 7) is -0.784. The smallest absolute Gasteiger partial charge is 0.250 e. The van der Waals surface area contributed by atoms with Gasteiger partial charge in [-0.15, -0.1) is 0 Å². The van der Waals surface area contributed by atoms with Crippen LogP contribution in [0.25, 0.3) is 0 Å². The van der Waals surface area contributed by atoms with Crippen LogP contribution in [-0.4, -0.2) is 36.6 Å². The van der Waals surface area contributed by atoms with Crippen molar-refractivity contribution in [1.29, 1.82) is 0 Å². The monoisotopic (exact) mass is 286 g/mol. The molecule has 0 aliphatic carbocycles. The van der Waals surface area contributed by atoms with Crippen molar-refractivity contribution in [3.05, 3.63) is 28.5 Å². The lowest BCUT2D eigenvalue weighted by atomic mass is 9.92. The molecule has 8 heteroatoms. The predicted octanol–water partition coefficient (Wildman–Crippen LogP) is 0.386. The second kappa shape index (κ2) is 5.10. The summed E-state index contributed by atoms with van der Waals surface area (Å²) in [7, 11) is 0. The average Bonchev–Trinajstić information content (AvgIpc) is 2.38. The first-order valence-electron chi connectivity index (χ1n) is 5.42. The van der Waals surface area contributed by atoms with Gasteiger partial charge in [0.15, 0.2) is 0 Å². The van der Waals surface area contributed by atoms with Crippen molar-refractivity contribution in [3.8, 4) is 0 Å². The number of hydrogen-bond donors (Lipinski definition) is 2. The summed E-state index contributed by atoms with van der Waals surface area (Å²) in [4.78, 5) is 19.1. The van der Waals surface area contributed by atoms with Gasteiger partial charge < -0.3 is 16.2 Å². The highest BCUT2D eigenvalue weighted by Crippen LogP contribution is 2.34. The topological polar surface area (TPSA) is 104 Å². The molecule has 0 saturated carbocycles. The summed E-state index contributed by atoms with van der Waals surface area (Å²) in [6.07, 6.45) is 1.22. The minimum atomic E-state index is -1.38. The van der Waals surface area contributed by atoms with E-state index in [9.17, 15) is 9.18 Å². The number of carbonyl (C=O) groups excluding carboxylic acids is 1. The molecule has 0 spiro atoms. The summed E-state index contributed by atoms with van der Waals surface area (Å²) < 4.78 is 18.7. The number of carbonyl (C=O) groups is 1. The maximum Gasteiger partial charge on any atom is 0.250 e. The molecule has 0 radical (unpaired) electrons. The van der Waals surface area contributed by atoms with E-state index >= 15 is 0 Å². The number of alkyl halides is 1. The number of rotatable bonds is 3. The van der Waals surface area contributed by atoms with Crippen LogP contribution in [0.15, 0.2) is 17.3 Å². The zero-order valence-electron chi connectivity index (χ0n) is 9.90. The van der Waals surface area contributed by atoms with Gasteiger partial charge in [-0.3, -0.25) is 9.79 Å². The number of hydrogen-bond acceptors (Lipinski definition) is 5. The number of halogens is 2. The van der Waals surface area contributed by atoms with Gasteiger partial charge >= 0.3 is 0 Å². The third-order valence-electron chi connectivity index (χ3n) is 2.79. The van der Waals surface area contributed by atoms with Crippen molar-refractivity contribution in [2.24, 2.45) is 16.5 Å². The van der Waals surface area contributed by atoms with Crippen LogP contribution in [0.5, 0.6) is 0 Å². The molecule has 0 fully saturated rings. The van der Waals surface area contributed by atoms with Crippen molar-refractivity contribution in [2.45, 2.75) is 5.54 Å². The van der Waals surface area contributed by atoms with Crippen LogP contribution >= 0.6 is 11.6 Å². The largest absolute Gasteiger partial charge is 0.385 e. The molecule has 102 valence electrons. The molecule has 1 unspecified atom stereocenters. The lowest BCUT2D eigenvalue weighted by Gasteiger charge is -2.31. The van der Waals surface area contributed by atoms with E-state index in [2.05, 4.69) is 9.98 Å². The van der Waals surface area contributed by atoms with Crippen molar-refractivity contribution >= 4 is 23.3 Å². The Bertz CT molecular complexity index is 551. The molecule has 0 saturated heterocycles. The number of nitrogens with two attached hydrogens (primary N) is 2. The van der Waals surface area contributed by atoms with Gasteiger partial charge in [-0.05, 0) is 6.07 Å². The Balaban J connectivity index is 2.57. The summed E-state index contributed by atoms with van der Waals surface area (Å²) in [5.74, 6) is -0.530. The second-order valence-corrected chi connectivity index (χ2v) is 4.55. The maximum absolute atomic E-state index is 13.5. The maximum atomic E-state index is 13.5. The number of nitrogens with zero attached hydrogens (tertiary/aromatic N) is 2. The molecule has 19 heavy (non-hydrogen) atoms. The highest BCUT2D eigenvalue weighted by Gasteiger charge is 2.38. The fourth-order valence-corrected chi connectivity index (χ4v) is 2.13. The zero-order chi connectivity index (χ0) is 14.0. The van der Waals surface area contributed by atoms with E-state index in [1.807, 2.05) is 0 Å². The Labute approximate surface area is 113 Å². The average molecular weight is 287 g/mol. The van der Waals surface area contributed by atoms with Crippen LogP contribution < -0.4 is 11.5 Å². The van der Waals surface area contributed by atoms with Gasteiger partial charge in [0.2, 0.25) is 5.91 Å². The third-order valence-corrected chi connectivity index (χ3v) is 3.10. The first-order chi connectivity index (χ1) is 8.98. The quantitative estimate of drug-likeness (QED) is 0.784. The summed E-state index contributed by atoms with van der Waals surface area (Å²) >= 11 is 5.95. The lowest BCUT2D eigenvalue weighted by Crippen LogP contribution is -2.41. The van der Waals surface area contributed by atoms with Gasteiger partial charge in [0.1, 0.15) is 29.8 Å². The van der Waals surface area contributed by atoms with Crippen LogP contribution in [0.4, 0.5) is 4.39 Å². The highest BCUT2D eigenvalue weighted by molar-refractivity contribution is 6.30. The number of ether oxygens (including phenoxy) is 1. The minimum Gasteiger partial charge on any atom is -0.385 e. The minimum absolute atomic E-state index is 0.0321. The van der Waals surface area contributed by atoms with E-state index < -0.39 is 18.1 Å². The van der Waals surface area contributed by atoms with Crippen molar-refractivity contribution in [3.63, 3.8) is 0 Å². The van der Waals surface area contributed by atoms with Crippen LogP contribution in [0.3, 0.4) is 0 Å². The fourth-order valence-electron chi connectivity index (χ4n) is 1.85. The SMILES string of the molecule is NC(=O)c1cnc(Cl)c(C2(CF)COCC(N)=N2)c1. The summed E-state index contributed by atoms with van der Waals surface area (Å²) in [5.41, 5.74) is 9.71. The molecular weight excluding hydrogens is 275 g/mol. The molecule has 0 bridgehead atoms. The number of pyridine rings is 1. The van der Waals surface area contributed by atoms with E-state index in [0.717, 1.165) is 0 Å². The molecule has 1 amide bonds. The fraction of sp³-hybridized carbons (Fsp3) is 0.364. The zero-order valence-corrected chi connectivity index (χ0v) is 10.7. The van der Waals surface area contributed by atoms with Crippen LogP contribution in [-0.2, 0) is 10.3 Å². The standard InChI is InChI=1S/C11H12ClFN4O2/c12-9-7(1-6(2-16-9)10(15)18)11(4-13)5-19-3-8(14)17-11/h1-2H,3-5H2,(H2,14,17)(H2,15,18). The van der Waals surface area contributed by atoms with E-state index in [4.69, 9.17) is 27.8 Å². The Kier molecular flexibility index (Phi) is 3.68. The van der Waals surface area contributed by atoms with Crippen LogP contribution in [0, 0.1) is 0 Å². The predicted molar refractivity (Wildman–Crippen MR) is 67.9 cm³/mol. The van der Waals surface area contributed by atoms with Gasteiger partial charge in [0, 0.05) is 11.8 Å².